The highest BCUT2D eigenvalue weighted by Crippen LogP contribution is 2.11. The van der Waals surface area contributed by atoms with Gasteiger partial charge in [-0.1, -0.05) is 35.5 Å². The molecule has 5 nitrogen and oxygen atoms in total. The zero-order valence-corrected chi connectivity index (χ0v) is 10.1. The predicted molar refractivity (Wildman–Crippen MR) is 65.6 cm³/mol. The maximum absolute atomic E-state index is 8.48. The van der Waals surface area contributed by atoms with E-state index in [9.17, 15) is 0 Å². The number of nitrogens with one attached hydrogen (secondary N) is 1. The summed E-state index contributed by atoms with van der Waals surface area (Å²) in [6, 6.07) is 11.9. The van der Waals surface area contributed by atoms with Crippen LogP contribution in [0.3, 0.4) is 0 Å². The number of hydrogen-bond acceptors (Lipinski definition) is 5. The minimum absolute atomic E-state index is 0.110. The lowest BCUT2D eigenvalue weighted by Gasteiger charge is -2.03. The first-order chi connectivity index (χ1) is 8.79. The van der Waals surface area contributed by atoms with Crippen LogP contribution in [-0.2, 0) is 6.42 Å². The topological polar surface area (TPSA) is 74.7 Å². The molecule has 92 valence electrons. The quantitative estimate of drug-likeness (QED) is 0.810. The van der Waals surface area contributed by atoms with E-state index >= 15 is 0 Å². The number of aromatic nitrogens is 2. The highest BCUT2D eigenvalue weighted by molar-refractivity contribution is 5.18. The van der Waals surface area contributed by atoms with Crippen LogP contribution in [0.2, 0.25) is 0 Å². The van der Waals surface area contributed by atoms with Crippen molar-refractivity contribution in [3.8, 4) is 6.07 Å². The molecule has 18 heavy (non-hydrogen) atoms. The Morgan fingerprint density at radius 2 is 2.17 bits per heavy atom. The Bertz CT molecular complexity index is 529. The van der Waals surface area contributed by atoms with Gasteiger partial charge < -0.3 is 4.52 Å². The first-order valence-electron chi connectivity index (χ1n) is 5.76. The van der Waals surface area contributed by atoms with Crippen LogP contribution in [0.15, 0.2) is 34.9 Å². The van der Waals surface area contributed by atoms with Crippen LogP contribution in [0.4, 0.5) is 0 Å². The largest absolute Gasteiger partial charge is 0.338 e. The average Bonchev–Trinajstić information content (AvgIpc) is 2.86. The van der Waals surface area contributed by atoms with Crippen molar-refractivity contribution >= 4 is 0 Å². The highest BCUT2D eigenvalue weighted by Gasteiger charge is 2.13. The minimum atomic E-state index is -0.110. The third kappa shape index (κ3) is 3.15. The second kappa shape index (κ2) is 5.94. The summed E-state index contributed by atoms with van der Waals surface area (Å²) in [7, 11) is 0. The Morgan fingerprint density at radius 1 is 1.39 bits per heavy atom. The van der Waals surface area contributed by atoms with Gasteiger partial charge in [0.1, 0.15) is 0 Å². The van der Waals surface area contributed by atoms with Crippen LogP contribution >= 0.6 is 0 Å². The second-order valence-electron chi connectivity index (χ2n) is 3.97. The van der Waals surface area contributed by atoms with Gasteiger partial charge in [0.25, 0.3) is 0 Å². The molecule has 2 rings (SSSR count). The number of benzene rings is 1. The van der Waals surface area contributed by atoms with E-state index in [4.69, 9.17) is 9.78 Å². The number of nitrogens with zero attached hydrogens (tertiary/aromatic N) is 3. The molecule has 0 saturated heterocycles. The van der Waals surface area contributed by atoms with Crippen molar-refractivity contribution in [2.45, 2.75) is 19.4 Å². The van der Waals surface area contributed by atoms with Crippen molar-refractivity contribution in [2.75, 3.05) is 6.54 Å². The van der Waals surface area contributed by atoms with Gasteiger partial charge in [0.15, 0.2) is 5.82 Å². The van der Waals surface area contributed by atoms with E-state index in [0.717, 1.165) is 5.56 Å². The molecular formula is C13H14N4O. The summed E-state index contributed by atoms with van der Waals surface area (Å²) in [4.78, 5) is 4.31. The molecule has 0 aliphatic heterocycles. The molecule has 0 spiro atoms. The molecule has 0 saturated carbocycles. The van der Waals surface area contributed by atoms with E-state index < -0.39 is 0 Å². The van der Waals surface area contributed by atoms with Crippen molar-refractivity contribution in [1.82, 2.24) is 15.5 Å². The lowest BCUT2D eigenvalue weighted by atomic mass is 10.1. The van der Waals surface area contributed by atoms with Gasteiger partial charge in [-0.25, -0.2) is 0 Å². The lowest BCUT2D eigenvalue weighted by Crippen LogP contribution is -2.18. The van der Waals surface area contributed by atoms with Crippen molar-refractivity contribution in [1.29, 1.82) is 5.26 Å². The summed E-state index contributed by atoms with van der Waals surface area (Å²) >= 11 is 0. The minimum Gasteiger partial charge on any atom is -0.338 e. The molecule has 1 N–H and O–H groups in total. The van der Waals surface area contributed by atoms with Crippen molar-refractivity contribution < 1.29 is 4.52 Å². The fourth-order valence-electron chi connectivity index (χ4n) is 1.58. The summed E-state index contributed by atoms with van der Waals surface area (Å²) < 4.78 is 5.16. The molecule has 0 aliphatic carbocycles. The monoisotopic (exact) mass is 242 g/mol. The normalized spacial score (nSPS) is 12.0. The molecule has 0 amide bonds. The number of nitriles is 1. The van der Waals surface area contributed by atoms with Crippen LogP contribution in [0, 0.1) is 11.3 Å². The maximum Gasteiger partial charge on any atom is 0.243 e. The molecule has 5 heteroatoms. The Labute approximate surface area is 105 Å². The first kappa shape index (κ1) is 12.3. The van der Waals surface area contributed by atoms with Crippen molar-refractivity contribution in [3.05, 3.63) is 47.6 Å². The molecule has 1 aromatic carbocycles. The summed E-state index contributed by atoms with van der Waals surface area (Å²) in [5, 5.41) is 15.4. The van der Waals surface area contributed by atoms with Gasteiger partial charge in [0.2, 0.25) is 5.89 Å². The summed E-state index contributed by atoms with van der Waals surface area (Å²) in [6.45, 7) is 2.15. The molecule has 1 heterocycles. The Hall–Kier alpha value is -2.19. The molecule has 0 fully saturated rings. The zero-order valence-electron chi connectivity index (χ0n) is 10.1. The second-order valence-corrected chi connectivity index (χ2v) is 3.97. The third-order valence-corrected chi connectivity index (χ3v) is 2.55. The molecule has 0 bridgehead atoms. The van der Waals surface area contributed by atoms with Gasteiger partial charge in [-0.05, 0) is 12.5 Å². The smallest absolute Gasteiger partial charge is 0.243 e. The maximum atomic E-state index is 8.48. The van der Waals surface area contributed by atoms with Gasteiger partial charge in [0.05, 0.1) is 18.7 Å². The third-order valence-electron chi connectivity index (χ3n) is 2.55. The van der Waals surface area contributed by atoms with Gasteiger partial charge in [-0.15, -0.1) is 0 Å². The summed E-state index contributed by atoms with van der Waals surface area (Å²) in [6.07, 6.45) is 0.648. The van der Waals surface area contributed by atoms with E-state index in [2.05, 4.69) is 15.5 Å². The van der Waals surface area contributed by atoms with E-state index in [1.54, 1.807) is 0 Å². The van der Waals surface area contributed by atoms with Crippen LogP contribution in [0.5, 0.6) is 0 Å². The number of hydrogen-bond donors (Lipinski definition) is 1. The van der Waals surface area contributed by atoms with Crippen LogP contribution in [0.1, 0.15) is 30.2 Å². The van der Waals surface area contributed by atoms with Crippen LogP contribution < -0.4 is 5.32 Å². The standard InChI is InChI=1S/C13H14N4O/c1-10(15-8-7-14)13-16-12(17-18-13)9-11-5-3-2-4-6-11/h2-6,10,15H,8-9H2,1H3. The van der Waals surface area contributed by atoms with E-state index in [1.807, 2.05) is 43.3 Å². The van der Waals surface area contributed by atoms with E-state index in [1.165, 1.54) is 0 Å². The molecule has 2 aromatic rings. The van der Waals surface area contributed by atoms with Crippen molar-refractivity contribution in [3.63, 3.8) is 0 Å². The average molecular weight is 242 g/mol. The van der Waals surface area contributed by atoms with Crippen LogP contribution in [-0.4, -0.2) is 16.7 Å². The van der Waals surface area contributed by atoms with Gasteiger partial charge >= 0.3 is 0 Å². The predicted octanol–water partition coefficient (Wildman–Crippen LogP) is 1.83. The highest BCUT2D eigenvalue weighted by atomic mass is 16.5. The SMILES string of the molecule is CC(NCC#N)c1nc(Cc2ccccc2)no1. The molecule has 1 unspecified atom stereocenters. The van der Waals surface area contributed by atoms with E-state index in [0.29, 0.717) is 18.1 Å². The Kier molecular flexibility index (Phi) is 4.05. The first-order valence-corrected chi connectivity index (χ1v) is 5.76. The van der Waals surface area contributed by atoms with Crippen LogP contribution in [0.25, 0.3) is 0 Å². The molecule has 0 radical (unpaired) electrons. The summed E-state index contributed by atoms with van der Waals surface area (Å²) in [5.41, 5.74) is 1.14. The number of rotatable bonds is 5. The molecule has 1 aromatic heterocycles. The molecular weight excluding hydrogens is 228 g/mol. The zero-order chi connectivity index (χ0) is 12.8. The Balaban J connectivity index is 2.00. The lowest BCUT2D eigenvalue weighted by molar-refractivity contribution is 0.341. The van der Waals surface area contributed by atoms with Crippen molar-refractivity contribution in [2.24, 2.45) is 0 Å². The van der Waals surface area contributed by atoms with Gasteiger partial charge in [-0.3, -0.25) is 5.32 Å². The van der Waals surface area contributed by atoms with E-state index in [-0.39, 0.29) is 12.6 Å². The van der Waals surface area contributed by atoms with Gasteiger partial charge in [0, 0.05) is 6.42 Å². The molecule has 0 aliphatic rings. The molecule has 1 atom stereocenters. The summed E-state index contributed by atoms with van der Waals surface area (Å²) in [5.74, 6) is 1.16. The fourth-order valence-corrected chi connectivity index (χ4v) is 1.58. The fraction of sp³-hybridized carbons (Fsp3) is 0.308. The Morgan fingerprint density at radius 3 is 2.89 bits per heavy atom. The van der Waals surface area contributed by atoms with Gasteiger partial charge in [-0.2, -0.15) is 10.2 Å².